The molecule has 202 valence electrons. The van der Waals surface area contributed by atoms with Gasteiger partial charge in [0.05, 0.1) is 22.6 Å². The molecule has 0 aliphatic carbocycles. The predicted octanol–water partition coefficient (Wildman–Crippen LogP) is 7.80. The summed E-state index contributed by atoms with van der Waals surface area (Å²) in [6.07, 6.45) is 1.56. The highest BCUT2D eigenvalue weighted by atomic mass is 35.5. The fraction of sp³-hybridized carbons (Fsp3) is 0.129. The van der Waals surface area contributed by atoms with Crippen molar-refractivity contribution >= 4 is 34.5 Å². The summed E-state index contributed by atoms with van der Waals surface area (Å²) in [6.45, 7) is 2.02. The Morgan fingerprint density at radius 3 is 2.45 bits per heavy atom. The summed E-state index contributed by atoms with van der Waals surface area (Å²) >= 11 is 6.58. The SMILES string of the molecule is CCC[C@@H](NC(=O)c1ccc(-c2c(Cl)cccc2-c2nc3cc(F)c(F)cc3[nH]2)c(C(=O)O)c1)c1ccccc1. The molecular formula is C31H24ClF2N3O3. The first-order valence-corrected chi connectivity index (χ1v) is 13.0. The molecule has 0 fully saturated rings. The smallest absolute Gasteiger partial charge is 0.336 e. The number of imidazole rings is 1. The van der Waals surface area contributed by atoms with Gasteiger partial charge in [-0.3, -0.25) is 4.79 Å². The highest BCUT2D eigenvalue weighted by Gasteiger charge is 2.23. The summed E-state index contributed by atoms with van der Waals surface area (Å²) in [6, 6.07) is 20.7. The van der Waals surface area contributed by atoms with Gasteiger partial charge in [0.25, 0.3) is 5.91 Å². The van der Waals surface area contributed by atoms with Crippen molar-refractivity contribution in [3.05, 3.63) is 112 Å². The lowest BCUT2D eigenvalue weighted by atomic mass is 9.93. The Hall–Kier alpha value is -4.56. The normalized spacial score (nSPS) is 11.9. The summed E-state index contributed by atoms with van der Waals surface area (Å²) < 4.78 is 27.6. The number of aromatic amines is 1. The number of nitrogens with zero attached hydrogens (tertiary/aromatic N) is 1. The lowest BCUT2D eigenvalue weighted by Crippen LogP contribution is -2.28. The van der Waals surface area contributed by atoms with Crippen LogP contribution in [0.25, 0.3) is 33.5 Å². The zero-order valence-corrected chi connectivity index (χ0v) is 22.1. The van der Waals surface area contributed by atoms with Crippen LogP contribution < -0.4 is 5.32 Å². The molecule has 0 aliphatic heterocycles. The Morgan fingerprint density at radius 1 is 0.975 bits per heavy atom. The zero-order chi connectivity index (χ0) is 28.4. The van der Waals surface area contributed by atoms with Crippen LogP contribution >= 0.6 is 11.6 Å². The van der Waals surface area contributed by atoms with Gasteiger partial charge in [-0.05, 0) is 35.7 Å². The average Bonchev–Trinajstić information content (AvgIpc) is 3.35. The van der Waals surface area contributed by atoms with Gasteiger partial charge in [-0.15, -0.1) is 0 Å². The second-order valence-electron chi connectivity index (χ2n) is 9.32. The Morgan fingerprint density at radius 2 is 1.73 bits per heavy atom. The Bertz CT molecular complexity index is 1700. The number of hydrogen-bond acceptors (Lipinski definition) is 3. The van der Waals surface area contributed by atoms with Crippen molar-refractivity contribution in [3.63, 3.8) is 0 Å². The Labute approximate surface area is 233 Å². The van der Waals surface area contributed by atoms with Crippen LogP contribution in [0.4, 0.5) is 8.78 Å². The third-order valence-electron chi connectivity index (χ3n) is 6.66. The third-order valence-corrected chi connectivity index (χ3v) is 6.97. The molecule has 5 aromatic rings. The van der Waals surface area contributed by atoms with E-state index in [1.54, 1.807) is 24.3 Å². The lowest BCUT2D eigenvalue weighted by Gasteiger charge is -2.19. The van der Waals surface area contributed by atoms with E-state index in [1.165, 1.54) is 12.1 Å². The van der Waals surface area contributed by atoms with Crippen LogP contribution in [0, 0.1) is 11.6 Å². The van der Waals surface area contributed by atoms with Crippen LogP contribution in [-0.2, 0) is 0 Å². The van der Waals surface area contributed by atoms with E-state index in [1.807, 2.05) is 37.3 Å². The molecule has 0 unspecified atom stereocenters. The molecule has 0 bridgehead atoms. The molecule has 6 nitrogen and oxygen atoms in total. The quantitative estimate of drug-likeness (QED) is 0.181. The first-order chi connectivity index (χ1) is 19.3. The molecule has 0 aliphatic rings. The van der Waals surface area contributed by atoms with Crippen molar-refractivity contribution < 1.29 is 23.5 Å². The minimum Gasteiger partial charge on any atom is -0.478 e. The van der Waals surface area contributed by atoms with Crippen molar-refractivity contribution in [1.82, 2.24) is 15.3 Å². The standard InChI is InChI=1S/C31H24ClF2N3O3/c1-2-7-25(17-8-4-3-5-9-17)37-30(38)18-12-13-19(21(14-18)31(39)40)28-20(10-6-11-22(28)32)29-35-26-15-23(33)24(34)16-27(26)36-29/h3-6,8-16,25H,2,7H2,1H3,(H,35,36)(H,37,38)(H,39,40)/t25-/m1/s1. The van der Waals surface area contributed by atoms with Gasteiger partial charge in [-0.1, -0.05) is 73.5 Å². The van der Waals surface area contributed by atoms with Gasteiger partial charge < -0.3 is 15.4 Å². The number of carbonyl (C=O) groups is 2. The maximum Gasteiger partial charge on any atom is 0.336 e. The molecule has 1 aromatic heterocycles. The fourth-order valence-corrected chi connectivity index (χ4v) is 5.02. The molecule has 0 radical (unpaired) electrons. The maximum atomic E-state index is 13.8. The van der Waals surface area contributed by atoms with Crippen LogP contribution in [0.1, 0.15) is 52.1 Å². The van der Waals surface area contributed by atoms with E-state index in [-0.39, 0.29) is 44.6 Å². The van der Waals surface area contributed by atoms with Crippen LogP contribution in [0.5, 0.6) is 0 Å². The summed E-state index contributed by atoms with van der Waals surface area (Å²) in [5.41, 5.74) is 2.51. The summed E-state index contributed by atoms with van der Waals surface area (Å²) in [5, 5.41) is 13.4. The van der Waals surface area contributed by atoms with E-state index in [9.17, 15) is 23.5 Å². The van der Waals surface area contributed by atoms with E-state index in [0.717, 1.165) is 24.1 Å². The molecule has 3 N–H and O–H groups in total. The average molecular weight is 560 g/mol. The number of amides is 1. The molecule has 0 spiro atoms. The van der Waals surface area contributed by atoms with E-state index >= 15 is 0 Å². The number of rotatable bonds is 8. The fourth-order valence-electron chi connectivity index (χ4n) is 4.75. The highest BCUT2D eigenvalue weighted by molar-refractivity contribution is 6.34. The Kier molecular flexibility index (Phi) is 7.62. The van der Waals surface area contributed by atoms with Gasteiger partial charge in [0.2, 0.25) is 0 Å². The van der Waals surface area contributed by atoms with E-state index in [2.05, 4.69) is 15.3 Å². The van der Waals surface area contributed by atoms with Gasteiger partial charge >= 0.3 is 5.97 Å². The second-order valence-corrected chi connectivity index (χ2v) is 9.73. The van der Waals surface area contributed by atoms with Crippen LogP contribution in [0.2, 0.25) is 5.02 Å². The van der Waals surface area contributed by atoms with Gasteiger partial charge in [0, 0.05) is 33.8 Å². The topological polar surface area (TPSA) is 95.1 Å². The van der Waals surface area contributed by atoms with Gasteiger partial charge in [0.15, 0.2) is 11.6 Å². The van der Waals surface area contributed by atoms with Crippen LogP contribution in [-0.4, -0.2) is 27.0 Å². The number of halogens is 3. The minimum atomic E-state index is -1.25. The monoisotopic (exact) mass is 559 g/mol. The summed E-state index contributed by atoms with van der Waals surface area (Å²) in [4.78, 5) is 33.0. The van der Waals surface area contributed by atoms with E-state index in [4.69, 9.17) is 11.6 Å². The second kappa shape index (κ2) is 11.3. The van der Waals surface area contributed by atoms with E-state index in [0.29, 0.717) is 17.5 Å². The van der Waals surface area contributed by atoms with Crippen molar-refractivity contribution in [3.8, 4) is 22.5 Å². The Balaban J connectivity index is 1.56. The molecule has 1 atom stereocenters. The zero-order valence-electron chi connectivity index (χ0n) is 21.3. The number of carboxylic acid groups (broad SMARTS) is 1. The molecular weight excluding hydrogens is 536 g/mol. The number of aromatic nitrogens is 2. The number of carboxylic acids is 1. The summed E-state index contributed by atoms with van der Waals surface area (Å²) in [5.74, 6) is -3.47. The number of benzene rings is 4. The molecule has 4 aromatic carbocycles. The van der Waals surface area contributed by atoms with Crippen molar-refractivity contribution in [2.24, 2.45) is 0 Å². The first-order valence-electron chi connectivity index (χ1n) is 12.6. The molecule has 1 heterocycles. The molecule has 40 heavy (non-hydrogen) atoms. The van der Waals surface area contributed by atoms with Crippen molar-refractivity contribution in [1.29, 1.82) is 0 Å². The first kappa shape index (κ1) is 27.0. The van der Waals surface area contributed by atoms with Crippen molar-refractivity contribution in [2.45, 2.75) is 25.8 Å². The third kappa shape index (κ3) is 5.31. The molecule has 1 amide bonds. The van der Waals surface area contributed by atoms with E-state index < -0.39 is 23.5 Å². The molecule has 9 heteroatoms. The van der Waals surface area contributed by atoms with Gasteiger partial charge in [-0.25, -0.2) is 18.6 Å². The number of fused-ring (bicyclic) bond motifs is 1. The number of hydrogen-bond donors (Lipinski definition) is 3. The summed E-state index contributed by atoms with van der Waals surface area (Å²) in [7, 11) is 0. The number of nitrogens with one attached hydrogen (secondary N) is 2. The number of H-pyrrole nitrogens is 1. The van der Waals surface area contributed by atoms with Gasteiger partial charge in [-0.2, -0.15) is 0 Å². The number of carbonyl (C=O) groups excluding carboxylic acids is 1. The number of aromatic carboxylic acids is 1. The highest BCUT2D eigenvalue weighted by Crippen LogP contribution is 2.39. The largest absolute Gasteiger partial charge is 0.478 e. The predicted molar refractivity (Wildman–Crippen MR) is 150 cm³/mol. The van der Waals surface area contributed by atoms with Gasteiger partial charge in [0.1, 0.15) is 5.82 Å². The molecule has 0 saturated heterocycles. The maximum absolute atomic E-state index is 13.8. The van der Waals surface area contributed by atoms with Crippen molar-refractivity contribution in [2.75, 3.05) is 0 Å². The molecule has 5 rings (SSSR count). The van der Waals surface area contributed by atoms with Crippen LogP contribution in [0.15, 0.2) is 78.9 Å². The molecule has 0 saturated carbocycles. The lowest BCUT2D eigenvalue weighted by molar-refractivity contribution is 0.0697. The minimum absolute atomic E-state index is 0.137. The van der Waals surface area contributed by atoms with Crippen LogP contribution in [0.3, 0.4) is 0 Å².